The number of aromatic carboxylic acids is 1. The van der Waals surface area contributed by atoms with Gasteiger partial charge in [-0.25, -0.2) is 14.6 Å². The molecule has 0 atom stereocenters. The van der Waals surface area contributed by atoms with Crippen molar-refractivity contribution in [2.45, 2.75) is 0 Å². The minimum Gasteiger partial charge on any atom is -0.493 e. The Balaban J connectivity index is 1.86. The smallest absolute Gasteiger partial charge is 0.343 e. The van der Waals surface area contributed by atoms with Crippen molar-refractivity contribution in [3.63, 3.8) is 0 Å². The van der Waals surface area contributed by atoms with Crippen molar-refractivity contribution in [3.05, 3.63) is 56.9 Å². The molecule has 0 aliphatic carbocycles. The van der Waals surface area contributed by atoms with Crippen LogP contribution in [0.2, 0.25) is 0 Å². The first kappa shape index (κ1) is 24.3. The van der Waals surface area contributed by atoms with Crippen molar-refractivity contribution in [1.29, 1.82) is 0 Å². The van der Waals surface area contributed by atoms with Gasteiger partial charge < -0.3 is 19.3 Å². The van der Waals surface area contributed by atoms with E-state index in [0.717, 1.165) is 0 Å². The molecule has 0 spiro atoms. The average Bonchev–Trinajstić information content (AvgIpc) is 3.06. The number of aliphatic imine (C=N–C) groups is 1. The number of methoxy groups -OCH3 is 2. The number of carbonyl (C=O) groups excluding carboxylic acids is 2. The number of hydrogen-bond acceptors (Lipinski definition) is 8. The molecule has 33 heavy (non-hydrogen) atoms. The Morgan fingerprint density at radius 2 is 1.88 bits per heavy atom. The highest BCUT2D eigenvalue weighted by Crippen LogP contribution is 2.38. The number of halogens is 1. The Morgan fingerprint density at radius 1 is 1.18 bits per heavy atom. The fraction of sp³-hybridized carbons (Fsp3) is 0.182. The first-order valence-electron chi connectivity index (χ1n) is 9.40. The lowest BCUT2D eigenvalue weighted by molar-refractivity contribution is -0.142. The van der Waals surface area contributed by atoms with Crippen molar-refractivity contribution < 1.29 is 33.7 Å². The number of esters is 1. The number of amidine groups is 1. The fourth-order valence-corrected chi connectivity index (χ4v) is 4.13. The van der Waals surface area contributed by atoms with Crippen molar-refractivity contribution in [2.24, 2.45) is 4.99 Å². The number of carbonyl (C=O) groups is 3. The monoisotopic (exact) mass is 534 g/mol. The van der Waals surface area contributed by atoms with Crippen LogP contribution in [0.15, 0.2) is 50.8 Å². The van der Waals surface area contributed by atoms with E-state index in [4.69, 9.17) is 14.6 Å². The molecule has 9 nitrogen and oxygen atoms in total. The summed E-state index contributed by atoms with van der Waals surface area (Å²) < 4.78 is 16.0. The van der Waals surface area contributed by atoms with Crippen LogP contribution in [0, 0.1) is 0 Å². The molecule has 11 heteroatoms. The maximum absolute atomic E-state index is 12.8. The molecule has 1 heterocycles. The molecule has 172 valence electrons. The van der Waals surface area contributed by atoms with Crippen LogP contribution >= 0.6 is 27.7 Å². The zero-order valence-corrected chi connectivity index (χ0v) is 20.2. The van der Waals surface area contributed by atoms with Gasteiger partial charge in [0, 0.05) is 11.5 Å². The number of amides is 1. The number of hydrogen-bond donors (Lipinski definition) is 1. The molecular formula is C22H19BrN2O7S. The summed E-state index contributed by atoms with van der Waals surface area (Å²) in [6.07, 6.45) is 1.69. The molecule has 1 N–H and O–H groups in total. The Hall–Kier alpha value is -3.31. The maximum Gasteiger partial charge on any atom is 0.343 e. The molecule has 1 saturated heterocycles. The summed E-state index contributed by atoms with van der Waals surface area (Å²) in [4.78, 5) is 41.4. The molecule has 2 aromatic rings. The Morgan fingerprint density at radius 3 is 2.48 bits per heavy atom. The van der Waals surface area contributed by atoms with Crippen LogP contribution < -0.4 is 9.47 Å². The van der Waals surface area contributed by atoms with Crippen LogP contribution in [0.4, 0.5) is 5.69 Å². The van der Waals surface area contributed by atoms with Gasteiger partial charge in [0.25, 0.3) is 5.91 Å². The SMILES string of the molecule is COC(=O)COc1cc(Br)c(/C=C2\SC(=Nc3ccc(C(=O)O)cc3)N(C)C2=O)cc1OC. The van der Waals surface area contributed by atoms with E-state index in [2.05, 4.69) is 25.7 Å². The van der Waals surface area contributed by atoms with Crippen LogP contribution in [0.5, 0.6) is 11.5 Å². The second-order valence-corrected chi connectivity index (χ2v) is 8.47. The molecule has 0 radical (unpaired) electrons. The molecule has 2 aromatic carbocycles. The van der Waals surface area contributed by atoms with Crippen LogP contribution in [0.1, 0.15) is 15.9 Å². The van der Waals surface area contributed by atoms with Gasteiger partial charge in [-0.3, -0.25) is 9.69 Å². The molecule has 3 rings (SSSR count). The summed E-state index contributed by atoms with van der Waals surface area (Å²) in [5.41, 5.74) is 1.34. The van der Waals surface area contributed by atoms with E-state index in [1.807, 2.05) is 0 Å². The first-order valence-corrected chi connectivity index (χ1v) is 11.0. The Kier molecular flexibility index (Phi) is 7.77. The third kappa shape index (κ3) is 5.74. The van der Waals surface area contributed by atoms with Crippen molar-refractivity contribution >= 4 is 62.5 Å². The normalized spacial score (nSPS) is 15.8. The van der Waals surface area contributed by atoms with Gasteiger partial charge in [0.15, 0.2) is 23.3 Å². The fourth-order valence-electron chi connectivity index (χ4n) is 2.71. The van der Waals surface area contributed by atoms with E-state index >= 15 is 0 Å². The van der Waals surface area contributed by atoms with Crippen molar-refractivity contribution in [3.8, 4) is 11.5 Å². The highest BCUT2D eigenvalue weighted by atomic mass is 79.9. The summed E-state index contributed by atoms with van der Waals surface area (Å²) in [6.45, 7) is -0.272. The van der Waals surface area contributed by atoms with E-state index in [1.165, 1.54) is 43.0 Å². The second-order valence-electron chi connectivity index (χ2n) is 6.61. The molecule has 1 aliphatic heterocycles. The average molecular weight is 535 g/mol. The summed E-state index contributed by atoms with van der Waals surface area (Å²) in [6, 6.07) is 9.37. The van der Waals surface area contributed by atoms with Gasteiger partial charge >= 0.3 is 11.9 Å². The lowest BCUT2D eigenvalue weighted by atomic mass is 10.2. The predicted molar refractivity (Wildman–Crippen MR) is 127 cm³/mol. The molecule has 0 bridgehead atoms. The van der Waals surface area contributed by atoms with E-state index in [0.29, 0.717) is 37.3 Å². The van der Waals surface area contributed by atoms with Gasteiger partial charge in [-0.2, -0.15) is 0 Å². The van der Waals surface area contributed by atoms with Gasteiger partial charge in [-0.15, -0.1) is 0 Å². The molecule has 1 aliphatic rings. The summed E-state index contributed by atoms with van der Waals surface area (Å²) in [7, 11) is 4.35. The van der Waals surface area contributed by atoms with Crippen LogP contribution in [-0.4, -0.2) is 60.9 Å². The first-order chi connectivity index (χ1) is 15.7. The molecule has 1 amide bonds. The number of likely N-dealkylation sites (N-methyl/N-ethyl adjacent to an activating group) is 1. The van der Waals surface area contributed by atoms with Gasteiger partial charge in [-0.1, -0.05) is 15.9 Å². The summed E-state index contributed by atoms with van der Waals surface area (Å²) >= 11 is 4.64. The summed E-state index contributed by atoms with van der Waals surface area (Å²) in [5.74, 6) is -1.07. The van der Waals surface area contributed by atoms with Crippen LogP contribution in [-0.2, 0) is 14.3 Å². The lowest BCUT2D eigenvalue weighted by Gasteiger charge is -2.12. The highest BCUT2D eigenvalue weighted by molar-refractivity contribution is 9.10. The number of carboxylic acids is 1. The largest absolute Gasteiger partial charge is 0.493 e. The predicted octanol–water partition coefficient (Wildman–Crippen LogP) is 3.94. The number of benzene rings is 2. The number of nitrogens with zero attached hydrogens (tertiary/aromatic N) is 2. The Bertz CT molecular complexity index is 1160. The lowest BCUT2D eigenvalue weighted by Crippen LogP contribution is -2.23. The third-order valence-corrected chi connectivity index (χ3v) is 6.23. The quantitative estimate of drug-likeness (QED) is 0.419. The van der Waals surface area contributed by atoms with E-state index in [1.54, 1.807) is 37.4 Å². The van der Waals surface area contributed by atoms with Gasteiger partial charge in [0.2, 0.25) is 0 Å². The number of rotatable bonds is 7. The van der Waals surface area contributed by atoms with Gasteiger partial charge in [-0.05, 0) is 59.8 Å². The molecule has 0 unspecified atom stereocenters. The molecule has 0 aromatic heterocycles. The van der Waals surface area contributed by atoms with E-state index < -0.39 is 11.9 Å². The number of carboxylic acid groups (broad SMARTS) is 1. The minimum absolute atomic E-state index is 0.154. The number of thioether (sulfide) groups is 1. The standard InChI is InChI=1S/C22H19BrN2O7S/c1-25-20(27)18(33-22(25)24-14-6-4-12(5-7-14)21(28)29)9-13-8-16(30-2)17(10-15(13)23)32-11-19(26)31-3/h4-10H,11H2,1-3H3,(H,28,29)/b18-9-,24-22?. The summed E-state index contributed by atoms with van der Waals surface area (Å²) in [5, 5.41) is 9.47. The minimum atomic E-state index is -1.02. The number of ether oxygens (including phenoxy) is 3. The third-order valence-electron chi connectivity index (χ3n) is 4.49. The molecule has 0 saturated carbocycles. The van der Waals surface area contributed by atoms with Crippen molar-refractivity contribution in [2.75, 3.05) is 27.9 Å². The van der Waals surface area contributed by atoms with Crippen LogP contribution in [0.3, 0.4) is 0 Å². The van der Waals surface area contributed by atoms with Gasteiger partial charge in [0.05, 0.1) is 30.4 Å². The maximum atomic E-state index is 12.8. The topological polar surface area (TPSA) is 115 Å². The molecular weight excluding hydrogens is 516 g/mol. The zero-order chi connectivity index (χ0) is 24.1. The van der Waals surface area contributed by atoms with Gasteiger partial charge in [0.1, 0.15) is 0 Å². The highest BCUT2D eigenvalue weighted by Gasteiger charge is 2.30. The molecule has 1 fully saturated rings. The Labute approximate surface area is 202 Å². The van der Waals surface area contributed by atoms with E-state index in [9.17, 15) is 14.4 Å². The van der Waals surface area contributed by atoms with E-state index in [-0.39, 0.29) is 18.1 Å². The van der Waals surface area contributed by atoms with Crippen LogP contribution in [0.25, 0.3) is 6.08 Å². The van der Waals surface area contributed by atoms with Crippen molar-refractivity contribution in [1.82, 2.24) is 4.90 Å². The second kappa shape index (κ2) is 10.5. The zero-order valence-electron chi connectivity index (χ0n) is 17.8.